The first-order chi connectivity index (χ1) is 7.76. The van der Waals surface area contributed by atoms with Crippen LogP contribution in [0.3, 0.4) is 0 Å². The number of likely N-dealkylation sites (N-methyl/N-ethyl adjacent to an activating group) is 2. The van der Waals surface area contributed by atoms with E-state index >= 15 is 0 Å². The molecule has 0 fully saturated rings. The van der Waals surface area contributed by atoms with Crippen LogP contribution < -0.4 is 10.6 Å². The molecule has 1 radical (unpaired) electrons. The summed E-state index contributed by atoms with van der Waals surface area (Å²) in [4.78, 5) is 0. The van der Waals surface area contributed by atoms with Gasteiger partial charge in [-0.1, -0.05) is 26.2 Å². The molecule has 0 bridgehead atoms. The normalized spacial score (nSPS) is 14.8. The maximum absolute atomic E-state index is 9.75. The first kappa shape index (κ1) is 19.1. The van der Waals surface area contributed by atoms with Crippen LogP contribution in [0.2, 0.25) is 0 Å². The summed E-state index contributed by atoms with van der Waals surface area (Å²) in [6.07, 6.45) is 5.14. The van der Waals surface area contributed by atoms with E-state index in [-0.39, 0.29) is 0 Å². The van der Waals surface area contributed by atoms with Gasteiger partial charge in [-0.25, -0.2) is 0 Å². The lowest BCUT2D eigenvalue weighted by molar-refractivity contribution is 0.368. The molecular weight excluding hydrogens is 235 g/mol. The van der Waals surface area contributed by atoms with Gasteiger partial charge in [0.05, 0.1) is 0 Å². The molecule has 0 rings (SSSR count). The predicted octanol–water partition coefficient (Wildman–Crippen LogP) is 2.88. The van der Waals surface area contributed by atoms with Crippen molar-refractivity contribution in [1.82, 2.24) is 10.6 Å². The van der Waals surface area contributed by atoms with Crippen LogP contribution in [-0.2, 0) is 0 Å². The van der Waals surface area contributed by atoms with Crippen molar-refractivity contribution in [1.29, 1.82) is 0 Å². The average Bonchev–Trinajstić information content (AvgIpc) is 2.21. The molecule has 2 nitrogen and oxygen atoms in total. The maximum atomic E-state index is 9.75. The molecule has 17 heavy (non-hydrogen) atoms. The van der Waals surface area contributed by atoms with Gasteiger partial charge in [-0.05, 0) is 27.4 Å². The quantitative estimate of drug-likeness (QED) is 0.417. The summed E-state index contributed by atoms with van der Waals surface area (Å²) in [7, 11) is -2.03. The van der Waals surface area contributed by atoms with Crippen molar-refractivity contribution in [2.75, 3.05) is 14.1 Å². The molecule has 0 heterocycles. The van der Waals surface area contributed by atoms with Gasteiger partial charge in [-0.15, -0.1) is 0 Å². The van der Waals surface area contributed by atoms with E-state index in [4.69, 9.17) is 0 Å². The molecule has 0 amide bonds. The third-order valence-electron chi connectivity index (χ3n) is 2.35. The second-order valence-corrected chi connectivity index (χ2v) is 3.78. The molecule has 0 saturated carbocycles. The zero-order valence-corrected chi connectivity index (χ0v) is 10.8. The number of rotatable bonds is 7. The second-order valence-electron chi connectivity index (χ2n) is 3.78. The number of unbranched alkanes of at least 4 members (excludes halogenated alkanes) is 2. The minimum Gasteiger partial charge on any atom is -0.418 e. The van der Waals surface area contributed by atoms with Crippen molar-refractivity contribution >= 4 is 7.25 Å². The van der Waals surface area contributed by atoms with Gasteiger partial charge in [0, 0.05) is 12.1 Å². The third kappa shape index (κ3) is 18.3. The minimum absolute atomic E-state index is 0.326. The Morgan fingerprint density at radius 3 is 1.82 bits per heavy atom. The van der Waals surface area contributed by atoms with Crippen LogP contribution in [0.25, 0.3) is 0 Å². The van der Waals surface area contributed by atoms with Gasteiger partial charge in [0.15, 0.2) is 0 Å². The van der Waals surface area contributed by atoms with Crippen molar-refractivity contribution in [2.45, 2.75) is 44.7 Å². The van der Waals surface area contributed by atoms with Gasteiger partial charge in [0.2, 0.25) is 0 Å². The Balaban J connectivity index is 0. The highest BCUT2D eigenvalue weighted by Gasteiger charge is 2.20. The minimum atomic E-state index is -6.00. The molecule has 0 aromatic carbocycles. The molecule has 7 heteroatoms. The van der Waals surface area contributed by atoms with Gasteiger partial charge < -0.3 is 27.9 Å². The van der Waals surface area contributed by atoms with E-state index in [1.165, 1.54) is 25.7 Å². The molecule has 2 unspecified atom stereocenters. The zero-order chi connectivity index (χ0) is 13.9. The highest BCUT2D eigenvalue weighted by molar-refractivity contribution is 6.50. The van der Waals surface area contributed by atoms with Crippen LogP contribution in [0.1, 0.15) is 32.6 Å². The van der Waals surface area contributed by atoms with E-state index in [2.05, 4.69) is 24.5 Å². The fourth-order valence-corrected chi connectivity index (χ4v) is 1.36. The molecule has 0 aliphatic carbocycles. The molecular formula is C10H23BF4N2-. The van der Waals surface area contributed by atoms with Gasteiger partial charge in [-0.2, -0.15) is 0 Å². The highest BCUT2D eigenvalue weighted by Crippen LogP contribution is 2.06. The van der Waals surface area contributed by atoms with Crippen LogP contribution in [0.5, 0.6) is 0 Å². The summed E-state index contributed by atoms with van der Waals surface area (Å²) >= 11 is 0. The van der Waals surface area contributed by atoms with Crippen LogP contribution in [-0.4, -0.2) is 33.4 Å². The lowest BCUT2D eigenvalue weighted by atomic mass is 10.0. The Bertz CT molecular complexity index is 161. The number of hydrogen-bond donors (Lipinski definition) is 2. The summed E-state index contributed by atoms with van der Waals surface area (Å²) in [6.45, 7) is 6.26. The summed E-state index contributed by atoms with van der Waals surface area (Å²) < 4.78 is 39.0. The van der Waals surface area contributed by atoms with Crippen molar-refractivity contribution in [2.24, 2.45) is 0 Å². The second kappa shape index (κ2) is 10.8. The van der Waals surface area contributed by atoms with Gasteiger partial charge in [-0.3, -0.25) is 0 Å². The highest BCUT2D eigenvalue weighted by atomic mass is 19.5. The Kier molecular flexibility index (Phi) is 12.1. The average molecular weight is 258 g/mol. The Labute approximate surface area is 102 Å². The third-order valence-corrected chi connectivity index (χ3v) is 2.35. The van der Waals surface area contributed by atoms with Crippen molar-refractivity contribution in [3.05, 3.63) is 6.92 Å². The van der Waals surface area contributed by atoms with Crippen LogP contribution in [0.4, 0.5) is 17.3 Å². The number of nitrogens with one attached hydrogen (secondary N) is 2. The smallest absolute Gasteiger partial charge is 0.418 e. The monoisotopic (exact) mass is 258 g/mol. The van der Waals surface area contributed by atoms with Gasteiger partial charge in [0.25, 0.3) is 0 Å². The Morgan fingerprint density at radius 2 is 1.53 bits per heavy atom. The Hall–Kier alpha value is -0.295. The van der Waals surface area contributed by atoms with Crippen LogP contribution in [0, 0.1) is 6.92 Å². The number of halogens is 4. The first-order valence-corrected chi connectivity index (χ1v) is 5.81. The fourth-order valence-electron chi connectivity index (χ4n) is 1.36. The lowest BCUT2D eigenvalue weighted by Gasteiger charge is -2.22. The number of hydrogen-bond acceptors (Lipinski definition) is 2. The standard InChI is InChI=1S/C10H23N2.BF4/c1-5-6-7-8-10(12-4)9(2)11-3;2-1(3,4)5/h9-12H,2,5-8H2,1,3-4H3;/q;-1. The largest absolute Gasteiger partial charge is 0.673 e. The first-order valence-electron chi connectivity index (χ1n) is 5.81. The topological polar surface area (TPSA) is 24.1 Å². The molecule has 0 aliphatic heterocycles. The van der Waals surface area contributed by atoms with E-state index in [0.717, 1.165) is 0 Å². The van der Waals surface area contributed by atoms with E-state index < -0.39 is 7.25 Å². The summed E-state index contributed by atoms with van der Waals surface area (Å²) in [6, 6.07) is 0.841. The molecule has 2 N–H and O–H groups in total. The van der Waals surface area contributed by atoms with E-state index in [1.807, 2.05) is 14.1 Å². The fraction of sp³-hybridized carbons (Fsp3) is 0.900. The van der Waals surface area contributed by atoms with Gasteiger partial charge >= 0.3 is 7.25 Å². The zero-order valence-electron chi connectivity index (χ0n) is 10.8. The molecule has 0 aromatic rings. The van der Waals surface area contributed by atoms with Gasteiger partial charge in [0.1, 0.15) is 0 Å². The molecule has 0 aliphatic rings. The summed E-state index contributed by atoms with van der Waals surface area (Å²) in [5, 5.41) is 6.46. The van der Waals surface area contributed by atoms with Crippen molar-refractivity contribution < 1.29 is 17.3 Å². The van der Waals surface area contributed by atoms with Crippen LogP contribution in [0.15, 0.2) is 0 Å². The van der Waals surface area contributed by atoms with Crippen molar-refractivity contribution in [3.63, 3.8) is 0 Å². The summed E-state index contributed by atoms with van der Waals surface area (Å²) in [5.74, 6) is 0. The molecule has 0 spiro atoms. The van der Waals surface area contributed by atoms with E-state index in [0.29, 0.717) is 12.1 Å². The van der Waals surface area contributed by atoms with E-state index in [9.17, 15) is 17.3 Å². The molecule has 0 saturated heterocycles. The molecule has 105 valence electrons. The summed E-state index contributed by atoms with van der Waals surface area (Å²) in [5.41, 5.74) is 0. The van der Waals surface area contributed by atoms with Crippen molar-refractivity contribution in [3.8, 4) is 0 Å². The molecule has 2 atom stereocenters. The maximum Gasteiger partial charge on any atom is 0.673 e. The molecule has 0 aromatic heterocycles. The lowest BCUT2D eigenvalue weighted by Crippen LogP contribution is -2.43. The Morgan fingerprint density at radius 1 is 1.06 bits per heavy atom. The SMILES string of the molecule is F[B-](F)(F)F.[CH2]C(NC)C(CCCCC)NC. The van der Waals surface area contributed by atoms with E-state index in [1.54, 1.807) is 0 Å². The van der Waals surface area contributed by atoms with Crippen LogP contribution >= 0.6 is 0 Å². The predicted molar refractivity (Wildman–Crippen MR) is 65.4 cm³/mol.